The van der Waals surface area contributed by atoms with Gasteiger partial charge >= 0.3 is 0 Å². The Bertz CT molecular complexity index is 407. The van der Waals surface area contributed by atoms with Crippen LogP contribution in [0.5, 0.6) is 0 Å². The van der Waals surface area contributed by atoms with E-state index in [0.29, 0.717) is 22.5 Å². The molecule has 0 fully saturated rings. The predicted octanol–water partition coefficient (Wildman–Crippen LogP) is 5.22. The number of benzene rings is 1. The molecule has 0 aliphatic carbocycles. The first-order valence-corrected chi connectivity index (χ1v) is 7.03. The van der Waals surface area contributed by atoms with Gasteiger partial charge in [0.05, 0.1) is 5.02 Å². The molecular weight excluding hydrogens is 272 g/mol. The lowest BCUT2D eigenvalue weighted by Gasteiger charge is -2.26. The second-order valence-corrected chi connectivity index (χ2v) is 5.69. The minimum atomic E-state index is -0.428. The second-order valence-electron chi connectivity index (χ2n) is 4.90. The Hall–Kier alpha value is -0.310. The zero-order valence-electron chi connectivity index (χ0n) is 11.2. The van der Waals surface area contributed by atoms with E-state index >= 15 is 0 Å². The summed E-state index contributed by atoms with van der Waals surface area (Å²) in [7, 11) is 0. The summed E-state index contributed by atoms with van der Waals surface area (Å²) in [6.07, 6.45) is 1.01. The highest BCUT2D eigenvalue weighted by molar-refractivity contribution is 6.36. The SMILES string of the molecule is CCC(NC(C)c1c(Cl)ccc(F)c1Cl)C(C)C. The summed E-state index contributed by atoms with van der Waals surface area (Å²) in [5, 5.41) is 4.07. The minimum absolute atomic E-state index is 0.0759. The van der Waals surface area contributed by atoms with E-state index in [0.717, 1.165) is 6.42 Å². The highest BCUT2D eigenvalue weighted by Crippen LogP contribution is 2.32. The van der Waals surface area contributed by atoms with Gasteiger partial charge in [-0.3, -0.25) is 0 Å². The molecule has 4 heteroatoms. The monoisotopic (exact) mass is 291 g/mol. The van der Waals surface area contributed by atoms with Crippen LogP contribution in [0.2, 0.25) is 10.0 Å². The van der Waals surface area contributed by atoms with Gasteiger partial charge in [0.2, 0.25) is 0 Å². The Balaban J connectivity index is 2.97. The molecule has 18 heavy (non-hydrogen) atoms. The molecule has 2 unspecified atom stereocenters. The standard InChI is InChI=1S/C14H20Cl2FN/c1-5-12(8(2)3)18-9(4)13-10(15)6-7-11(17)14(13)16/h6-9,12,18H,5H2,1-4H3. The van der Waals surface area contributed by atoms with Crippen molar-refractivity contribution in [2.45, 2.75) is 46.2 Å². The van der Waals surface area contributed by atoms with E-state index in [1.54, 1.807) is 6.07 Å². The first-order valence-electron chi connectivity index (χ1n) is 6.27. The minimum Gasteiger partial charge on any atom is -0.307 e. The smallest absolute Gasteiger partial charge is 0.142 e. The molecular formula is C14H20Cl2FN. The zero-order chi connectivity index (χ0) is 13.9. The average Bonchev–Trinajstić information content (AvgIpc) is 2.31. The number of halogens is 3. The molecule has 1 nitrogen and oxygen atoms in total. The Morgan fingerprint density at radius 1 is 1.22 bits per heavy atom. The van der Waals surface area contributed by atoms with E-state index in [1.807, 2.05) is 6.92 Å². The molecule has 0 radical (unpaired) electrons. The van der Waals surface area contributed by atoms with Crippen LogP contribution in [0.25, 0.3) is 0 Å². The quantitative estimate of drug-likeness (QED) is 0.734. The van der Waals surface area contributed by atoms with Crippen LogP contribution in [0.3, 0.4) is 0 Å². The highest BCUT2D eigenvalue weighted by Gasteiger charge is 2.20. The molecule has 1 N–H and O–H groups in total. The van der Waals surface area contributed by atoms with Gasteiger partial charge < -0.3 is 5.32 Å². The Morgan fingerprint density at radius 2 is 1.83 bits per heavy atom. The summed E-state index contributed by atoms with van der Waals surface area (Å²) in [5.41, 5.74) is 0.637. The van der Waals surface area contributed by atoms with Crippen molar-refractivity contribution < 1.29 is 4.39 Å². The molecule has 2 atom stereocenters. The second kappa shape index (κ2) is 6.74. The van der Waals surface area contributed by atoms with Gasteiger partial charge in [-0.15, -0.1) is 0 Å². The van der Waals surface area contributed by atoms with Crippen molar-refractivity contribution in [3.63, 3.8) is 0 Å². The van der Waals surface area contributed by atoms with Crippen molar-refractivity contribution in [2.24, 2.45) is 5.92 Å². The summed E-state index contributed by atoms with van der Waals surface area (Å²) in [4.78, 5) is 0. The number of nitrogens with one attached hydrogen (secondary N) is 1. The van der Waals surface area contributed by atoms with E-state index in [1.165, 1.54) is 6.07 Å². The fourth-order valence-corrected chi connectivity index (χ4v) is 2.82. The maximum atomic E-state index is 13.5. The lowest BCUT2D eigenvalue weighted by molar-refractivity contribution is 0.355. The van der Waals surface area contributed by atoms with E-state index < -0.39 is 5.82 Å². The largest absolute Gasteiger partial charge is 0.307 e. The lowest BCUT2D eigenvalue weighted by atomic mass is 9.99. The summed E-state index contributed by atoms with van der Waals surface area (Å²) in [5.74, 6) is 0.0749. The normalized spacial score (nSPS) is 14.9. The maximum absolute atomic E-state index is 13.5. The Labute approximate surface area is 119 Å². The third-order valence-electron chi connectivity index (χ3n) is 3.22. The molecule has 0 saturated heterocycles. The van der Waals surface area contributed by atoms with Crippen LogP contribution in [-0.4, -0.2) is 6.04 Å². The maximum Gasteiger partial charge on any atom is 0.142 e. The fraction of sp³-hybridized carbons (Fsp3) is 0.571. The third kappa shape index (κ3) is 3.59. The molecule has 0 spiro atoms. The zero-order valence-corrected chi connectivity index (χ0v) is 12.7. The van der Waals surface area contributed by atoms with E-state index in [-0.39, 0.29) is 11.1 Å². The van der Waals surface area contributed by atoms with Crippen LogP contribution in [0, 0.1) is 11.7 Å². The molecule has 0 heterocycles. The number of rotatable bonds is 5. The number of hydrogen-bond donors (Lipinski definition) is 1. The average molecular weight is 292 g/mol. The molecule has 0 aliphatic rings. The molecule has 102 valence electrons. The number of hydrogen-bond acceptors (Lipinski definition) is 1. The van der Waals surface area contributed by atoms with E-state index in [4.69, 9.17) is 23.2 Å². The molecule has 1 aromatic rings. The third-order valence-corrected chi connectivity index (χ3v) is 3.93. The molecule has 1 rings (SSSR count). The first-order chi connectivity index (χ1) is 8.38. The van der Waals surface area contributed by atoms with Gasteiger partial charge in [-0.1, -0.05) is 44.0 Å². The van der Waals surface area contributed by atoms with Gasteiger partial charge in [0, 0.05) is 22.7 Å². The van der Waals surface area contributed by atoms with Crippen molar-refractivity contribution in [3.05, 3.63) is 33.6 Å². The van der Waals surface area contributed by atoms with Crippen LogP contribution in [0.4, 0.5) is 4.39 Å². The van der Waals surface area contributed by atoms with E-state index in [2.05, 4.69) is 26.1 Å². The molecule has 0 aromatic heterocycles. The molecule has 1 aromatic carbocycles. The summed E-state index contributed by atoms with van der Waals surface area (Å²) in [6, 6.07) is 3.12. The van der Waals surface area contributed by atoms with Gasteiger partial charge in [-0.05, 0) is 31.4 Å². The molecule has 0 saturated carbocycles. The highest BCUT2D eigenvalue weighted by atomic mass is 35.5. The van der Waals surface area contributed by atoms with Crippen LogP contribution in [0.1, 0.15) is 45.7 Å². The van der Waals surface area contributed by atoms with Gasteiger partial charge in [0.1, 0.15) is 5.82 Å². The summed E-state index contributed by atoms with van der Waals surface area (Å²) in [6.45, 7) is 8.39. The summed E-state index contributed by atoms with van der Waals surface area (Å²) < 4.78 is 13.5. The molecule has 0 aliphatic heterocycles. The molecule has 0 bridgehead atoms. The van der Waals surface area contributed by atoms with Crippen LogP contribution >= 0.6 is 23.2 Å². The fourth-order valence-electron chi connectivity index (χ4n) is 2.13. The molecule has 0 amide bonds. The van der Waals surface area contributed by atoms with Crippen LogP contribution in [-0.2, 0) is 0 Å². The van der Waals surface area contributed by atoms with Crippen molar-refractivity contribution in [3.8, 4) is 0 Å². The van der Waals surface area contributed by atoms with Crippen LogP contribution < -0.4 is 5.32 Å². The van der Waals surface area contributed by atoms with E-state index in [9.17, 15) is 4.39 Å². The van der Waals surface area contributed by atoms with Crippen LogP contribution in [0.15, 0.2) is 12.1 Å². The topological polar surface area (TPSA) is 12.0 Å². The van der Waals surface area contributed by atoms with Gasteiger partial charge in [0.15, 0.2) is 0 Å². The Kier molecular flexibility index (Phi) is 5.90. The van der Waals surface area contributed by atoms with Crippen molar-refractivity contribution >= 4 is 23.2 Å². The van der Waals surface area contributed by atoms with Crippen molar-refractivity contribution in [2.75, 3.05) is 0 Å². The van der Waals surface area contributed by atoms with Crippen molar-refractivity contribution in [1.82, 2.24) is 5.32 Å². The van der Waals surface area contributed by atoms with Gasteiger partial charge in [0.25, 0.3) is 0 Å². The van der Waals surface area contributed by atoms with Gasteiger partial charge in [-0.25, -0.2) is 4.39 Å². The predicted molar refractivity (Wildman–Crippen MR) is 76.9 cm³/mol. The van der Waals surface area contributed by atoms with Crippen molar-refractivity contribution in [1.29, 1.82) is 0 Å². The lowest BCUT2D eigenvalue weighted by Crippen LogP contribution is -2.35. The first kappa shape index (κ1) is 15.7. The summed E-state index contributed by atoms with van der Waals surface area (Å²) >= 11 is 12.1. The Morgan fingerprint density at radius 3 is 2.33 bits per heavy atom. The van der Waals surface area contributed by atoms with Gasteiger partial charge in [-0.2, -0.15) is 0 Å².